The van der Waals surface area contributed by atoms with E-state index in [0.29, 0.717) is 0 Å². The highest BCUT2D eigenvalue weighted by Gasteiger charge is 2.48. The number of hydrogen-bond donors (Lipinski definition) is 0. The Balaban J connectivity index is 1.01. The average Bonchev–Trinajstić information content (AvgIpc) is 3.92. The molecule has 0 amide bonds. The fraction of sp³-hybridized carbons (Fsp3) is 0.0189. The van der Waals surface area contributed by atoms with Crippen molar-refractivity contribution in [2.75, 3.05) is 0 Å². The SMILES string of the molecule is c1ccc(C2(c3ccccc3)c3ccc4c(c3-c3cccnc32)c2ccccc2n4-c2ccc(-c3ccc(-n4c5ccccc5c5ncccc54)cc3)cc2)cc1. The minimum Gasteiger partial charge on any atom is -0.309 e. The third kappa shape index (κ3) is 4.44. The van der Waals surface area contributed by atoms with Crippen LogP contribution in [0.15, 0.2) is 207 Å². The second kappa shape index (κ2) is 12.2. The van der Waals surface area contributed by atoms with Crippen LogP contribution in [0, 0.1) is 0 Å². The van der Waals surface area contributed by atoms with E-state index in [2.05, 4.69) is 197 Å². The van der Waals surface area contributed by atoms with Gasteiger partial charge in [0.05, 0.1) is 38.7 Å². The standard InChI is InChI=1S/C53H34N4/c1-3-13-37(14-4-1)53(38-15-5-2-6-16-38)44-31-32-47-50(49(44)43-19-11-34-55-52(43)53)41-17-7-9-20-45(41)56(47)39-27-23-35(24-28-39)36-25-29-40(30-26-36)57-46-21-10-8-18-42(46)51-48(57)22-12-33-54-51/h1-34H. The molecule has 1 aliphatic rings. The molecule has 0 saturated heterocycles. The van der Waals surface area contributed by atoms with E-state index >= 15 is 0 Å². The number of hydrogen-bond acceptors (Lipinski definition) is 2. The van der Waals surface area contributed by atoms with Crippen molar-refractivity contribution in [3.05, 3.63) is 229 Å². The second-order valence-corrected chi connectivity index (χ2v) is 14.9. The van der Waals surface area contributed by atoms with Gasteiger partial charge in [-0.2, -0.15) is 0 Å². The molecule has 1 aliphatic carbocycles. The molecule has 266 valence electrons. The van der Waals surface area contributed by atoms with Crippen LogP contribution in [0.3, 0.4) is 0 Å². The molecule has 0 radical (unpaired) electrons. The zero-order valence-electron chi connectivity index (χ0n) is 30.9. The monoisotopic (exact) mass is 726 g/mol. The lowest BCUT2D eigenvalue weighted by atomic mass is 9.69. The highest BCUT2D eigenvalue weighted by Crippen LogP contribution is 2.58. The highest BCUT2D eigenvalue weighted by molar-refractivity contribution is 6.18. The smallest absolute Gasteiger partial charge is 0.0963 e. The molecule has 0 unspecified atom stereocenters. The molecule has 0 bridgehead atoms. The first-order valence-electron chi connectivity index (χ1n) is 19.5. The lowest BCUT2D eigenvalue weighted by Gasteiger charge is -2.32. The summed E-state index contributed by atoms with van der Waals surface area (Å²) in [5.41, 5.74) is 16.9. The number of para-hydroxylation sites is 2. The average molecular weight is 727 g/mol. The van der Waals surface area contributed by atoms with Crippen LogP contribution in [0.1, 0.15) is 22.4 Å². The normalized spacial score (nSPS) is 13.1. The Morgan fingerprint density at radius 3 is 1.58 bits per heavy atom. The van der Waals surface area contributed by atoms with Crippen LogP contribution in [-0.2, 0) is 5.41 Å². The van der Waals surface area contributed by atoms with Gasteiger partial charge in [0.25, 0.3) is 0 Å². The molecule has 4 heteroatoms. The Morgan fingerprint density at radius 2 is 0.912 bits per heavy atom. The van der Waals surface area contributed by atoms with E-state index < -0.39 is 5.41 Å². The molecule has 57 heavy (non-hydrogen) atoms. The molecular weight excluding hydrogens is 693 g/mol. The number of pyridine rings is 2. The van der Waals surface area contributed by atoms with E-state index in [1.165, 1.54) is 60.8 Å². The van der Waals surface area contributed by atoms with Crippen molar-refractivity contribution in [1.82, 2.24) is 19.1 Å². The second-order valence-electron chi connectivity index (χ2n) is 14.9. The van der Waals surface area contributed by atoms with Crippen LogP contribution in [0.5, 0.6) is 0 Å². The summed E-state index contributed by atoms with van der Waals surface area (Å²) in [6.07, 6.45) is 3.82. The lowest BCUT2D eigenvalue weighted by Crippen LogP contribution is -2.29. The molecule has 0 spiro atoms. The van der Waals surface area contributed by atoms with E-state index in [0.717, 1.165) is 39.0 Å². The van der Waals surface area contributed by atoms with Gasteiger partial charge in [0, 0.05) is 45.5 Å². The number of fused-ring (bicyclic) bond motifs is 10. The topological polar surface area (TPSA) is 35.6 Å². The van der Waals surface area contributed by atoms with Gasteiger partial charge < -0.3 is 9.13 Å². The molecule has 0 atom stereocenters. The third-order valence-electron chi connectivity index (χ3n) is 12.1. The molecule has 0 fully saturated rings. The van der Waals surface area contributed by atoms with Crippen LogP contribution in [0.4, 0.5) is 0 Å². The molecule has 11 aromatic rings. The van der Waals surface area contributed by atoms with Crippen molar-refractivity contribution in [2.45, 2.75) is 5.41 Å². The molecule has 0 aliphatic heterocycles. The Morgan fingerprint density at radius 1 is 0.386 bits per heavy atom. The summed E-state index contributed by atoms with van der Waals surface area (Å²) in [5, 5.41) is 3.65. The summed E-state index contributed by atoms with van der Waals surface area (Å²) >= 11 is 0. The van der Waals surface area contributed by atoms with Gasteiger partial charge in [-0.15, -0.1) is 0 Å². The van der Waals surface area contributed by atoms with E-state index in [-0.39, 0.29) is 0 Å². The van der Waals surface area contributed by atoms with Gasteiger partial charge in [-0.3, -0.25) is 9.97 Å². The highest BCUT2D eigenvalue weighted by atomic mass is 15.0. The zero-order valence-corrected chi connectivity index (χ0v) is 30.9. The Hall–Kier alpha value is -7.56. The minimum atomic E-state index is -0.554. The maximum atomic E-state index is 5.21. The minimum absolute atomic E-state index is 0.554. The van der Waals surface area contributed by atoms with Gasteiger partial charge in [0.1, 0.15) is 0 Å². The fourth-order valence-electron chi connectivity index (χ4n) is 9.76. The Labute approximate surface area is 329 Å². The number of nitrogens with zero attached hydrogens (tertiary/aromatic N) is 4. The summed E-state index contributed by atoms with van der Waals surface area (Å²) in [5.74, 6) is 0. The fourth-order valence-corrected chi connectivity index (χ4v) is 9.76. The predicted octanol–water partition coefficient (Wildman–Crippen LogP) is 12.7. The molecule has 7 aromatic carbocycles. The van der Waals surface area contributed by atoms with Crippen molar-refractivity contribution in [2.24, 2.45) is 0 Å². The molecule has 4 nitrogen and oxygen atoms in total. The summed E-state index contributed by atoms with van der Waals surface area (Å²) in [4.78, 5) is 9.93. The van der Waals surface area contributed by atoms with E-state index in [1.54, 1.807) is 0 Å². The maximum absolute atomic E-state index is 5.21. The van der Waals surface area contributed by atoms with Gasteiger partial charge in [-0.1, -0.05) is 133 Å². The quantitative estimate of drug-likeness (QED) is 0.177. The Bertz CT molecular complexity index is 3230. The predicted molar refractivity (Wildman–Crippen MR) is 233 cm³/mol. The molecule has 0 N–H and O–H groups in total. The molecule has 4 heterocycles. The summed E-state index contributed by atoms with van der Waals surface area (Å²) in [7, 11) is 0. The maximum Gasteiger partial charge on any atom is 0.0963 e. The van der Waals surface area contributed by atoms with Crippen LogP contribution < -0.4 is 0 Å². The first-order valence-corrected chi connectivity index (χ1v) is 19.5. The number of benzene rings is 7. The molecule has 12 rings (SSSR count). The van der Waals surface area contributed by atoms with Crippen LogP contribution in [0.25, 0.3) is 77.4 Å². The number of rotatable bonds is 5. The molecule has 0 saturated carbocycles. The Kier molecular flexibility index (Phi) is 6.81. The largest absolute Gasteiger partial charge is 0.309 e. The van der Waals surface area contributed by atoms with Crippen LogP contribution >= 0.6 is 0 Å². The number of aromatic nitrogens is 4. The molecule has 4 aromatic heterocycles. The van der Waals surface area contributed by atoms with Crippen molar-refractivity contribution < 1.29 is 0 Å². The van der Waals surface area contributed by atoms with Gasteiger partial charge in [-0.25, -0.2) is 0 Å². The first kappa shape index (κ1) is 31.8. The van der Waals surface area contributed by atoms with E-state index in [1.807, 2.05) is 18.5 Å². The van der Waals surface area contributed by atoms with E-state index in [4.69, 9.17) is 9.97 Å². The zero-order chi connectivity index (χ0) is 37.5. The molecular formula is C53H34N4. The van der Waals surface area contributed by atoms with Crippen molar-refractivity contribution >= 4 is 43.7 Å². The summed E-state index contributed by atoms with van der Waals surface area (Å²) in [6.45, 7) is 0. The van der Waals surface area contributed by atoms with Gasteiger partial charge in [-0.05, 0) is 94.0 Å². The first-order chi connectivity index (χ1) is 28.3. The summed E-state index contributed by atoms with van der Waals surface area (Å²) < 4.78 is 4.73. The van der Waals surface area contributed by atoms with Crippen molar-refractivity contribution in [3.63, 3.8) is 0 Å². The van der Waals surface area contributed by atoms with Gasteiger partial charge >= 0.3 is 0 Å². The van der Waals surface area contributed by atoms with E-state index in [9.17, 15) is 0 Å². The van der Waals surface area contributed by atoms with Crippen LogP contribution in [-0.4, -0.2) is 19.1 Å². The lowest BCUT2D eigenvalue weighted by molar-refractivity contribution is 0.738. The third-order valence-corrected chi connectivity index (χ3v) is 12.1. The van der Waals surface area contributed by atoms with Gasteiger partial charge in [0.15, 0.2) is 0 Å². The van der Waals surface area contributed by atoms with Crippen molar-refractivity contribution in [1.29, 1.82) is 0 Å². The summed E-state index contributed by atoms with van der Waals surface area (Å²) in [6, 6.07) is 70.2. The van der Waals surface area contributed by atoms with Gasteiger partial charge in [0.2, 0.25) is 0 Å². The van der Waals surface area contributed by atoms with Crippen molar-refractivity contribution in [3.8, 4) is 33.6 Å². The van der Waals surface area contributed by atoms with Crippen LogP contribution in [0.2, 0.25) is 0 Å².